The van der Waals surface area contributed by atoms with Gasteiger partial charge in [-0.2, -0.15) is 0 Å². The van der Waals surface area contributed by atoms with E-state index in [-0.39, 0.29) is 5.91 Å². The van der Waals surface area contributed by atoms with Crippen LogP contribution in [0.1, 0.15) is 11.1 Å². The smallest absolute Gasteiger partial charge is 0.246 e. The Labute approximate surface area is 176 Å². The lowest BCUT2D eigenvalue weighted by Crippen LogP contribution is -2.27. The van der Waals surface area contributed by atoms with Gasteiger partial charge in [0.25, 0.3) is 0 Å². The van der Waals surface area contributed by atoms with E-state index in [1.54, 1.807) is 44.4 Å². The van der Waals surface area contributed by atoms with E-state index in [1.165, 1.54) is 20.3 Å². The number of hydrogen-bond donors (Lipinski definition) is 0. The summed E-state index contributed by atoms with van der Waals surface area (Å²) in [6.45, 7) is 0.561. The van der Waals surface area contributed by atoms with Crippen molar-refractivity contribution in [3.8, 4) is 23.0 Å². The van der Waals surface area contributed by atoms with Crippen molar-refractivity contribution in [2.24, 2.45) is 0 Å². The van der Waals surface area contributed by atoms with Crippen molar-refractivity contribution in [3.05, 3.63) is 52.6 Å². The molecule has 6 nitrogen and oxygen atoms in total. The molecule has 2 rings (SSSR count). The van der Waals surface area contributed by atoms with Crippen molar-refractivity contribution in [2.45, 2.75) is 6.42 Å². The number of likely N-dealkylation sites (N-methyl/N-ethyl adjacent to an activating group) is 1. The summed E-state index contributed by atoms with van der Waals surface area (Å²) >= 11 is 6.20. The van der Waals surface area contributed by atoms with Gasteiger partial charge in [0.1, 0.15) is 0 Å². The molecule has 2 aromatic rings. The first-order chi connectivity index (χ1) is 13.9. The molecule has 0 unspecified atom stereocenters. The number of nitrogens with zero attached hydrogens (tertiary/aromatic N) is 1. The Morgan fingerprint density at radius 3 is 2.28 bits per heavy atom. The quantitative estimate of drug-likeness (QED) is 0.573. The van der Waals surface area contributed by atoms with Gasteiger partial charge in [0.15, 0.2) is 23.0 Å². The number of ether oxygens (including phenoxy) is 4. The van der Waals surface area contributed by atoms with E-state index in [1.807, 2.05) is 18.2 Å². The third-order valence-corrected chi connectivity index (χ3v) is 4.72. The minimum Gasteiger partial charge on any atom is -0.493 e. The summed E-state index contributed by atoms with van der Waals surface area (Å²) in [7, 11) is 8.02. The SMILES string of the molecule is COc1ccc(CCN(C)C(=O)/C=C/c2cc(Cl)c(OC)c(OC)c2)cc1OC. The normalized spacial score (nSPS) is 10.7. The second kappa shape index (κ2) is 10.6. The Bertz CT molecular complexity index is 882. The van der Waals surface area contributed by atoms with Gasteiger partial charge in [0.2, 0.25) is 5.91 Å². The molecule has 29 heavy (non-hydrogen) atoms. The van der Waals surface area contributed by atoms with Gasteiger partial charge in [-0.1, -0.05) is 17.7 Å². The molecule has 0 heterocycles. The zero-order valence-corrected chi connectivity index (χ0v) is 18.1. The molecule has 0 fully saturated rings. The van der Waals surface area contributed by atoms with Crippen LogP contribution < -0.4 is 18.9 Å². The van der Waals surface area contributed by atoms with Crippen LogP contribution in [0.2, 0.25) is 5.02 Å². The average Bonchev–Trinajstić information content (AvgIpc) is 2.74. The zero-order valence-electron chi connectivity index (χ0n) is 17.3. The van der Waals surface area contributed by atoms with Crippen LogP contribution in [0.3, 0.4) is 0 Å². The third-order valence-electron chi connectivity index (χ3n) is 4.43. The van der Waals surface area contributed by atoms with Crippen molar-refractivity contribution < 1.29 is 23.7 Å². The van der Waals surface area contributed by atoms with Crippen molar-refractivity contribution in [1.29, 1.82) is 0 Å². The fourth-order valence-corrected chi connectivity index (χ4v) is 3.07. The van der Waals surface area contributed by atoms with Crippen LogP contribution in [0.5, 0.6) is 23.0 Å². The van der Waals surface area contributed by atoms with Gasteiger partial charge < -0.3 is 23.8 Å². The summed E-state index contributed by atoms with van der Waals surface area (Å²) in [6.07, 6.45) is 3.90. The highest BCUT2D eigenvalue weighted by Gasteiger charge is 2.11. The number of carbonyl (C=O) groups is 1. The van der Waals surface area contributed by atoms with E-state index in [9.17, 15) is 4.79 Å². The zero-order chi connectivity index (χ0) is 21.4. The van der Waals surface area contributed by atoms with Gasteiger partial charge >= 0.3 is 0 Å². The molecule has 0 aliphatic heterocycles. The van der Waals surface area contributed by atoms with Crippen LogP contribution in [0.4, 0.5) is 0 Å². The lowest BCUT2D eigenvalue weighted by molar-refractivity contribution is -0.124. The van der Waals surface area contributed by atoms with Crippen LogP contribution in [0.25, 0.3) is 6.08 Å². The third kappa shape index (κ3) is 5.81. The van der Waals surface area contributed by atoms with Crippen LogP contribution >= 0.6 is 11.6 Å². The Morgan fingerprint density at radius 2 is 1.66 bits per heavy atom. The molecule has 2 aromatic carbocycles. The summed E-state index contributed by atoms with van der Waals surface area (Å²) in [5, 5.41) is 0.417. The number of amides is 1. The Hall–Kier alpha value is -2.86. The molecule has 7 heteroatoms. The second-order valence-corrected chi connectivity index (χ2v) is 6.68. The molecule has 156 valence electrons. The number of methoxy groups -OCH3 is 4. The molecular formula is C22H26ClNO5. The van der Waals surface area contributed by atoms with E-state index >= 15 is 0 Å². The maximum atomic E-state index is 12.4. The summed E-state index contributed by atoms with van der Waals surface area (Å²) in [6, 6.07) is 9.21. The Kier molecular flexibility index (Phi) is 8.21. The van der Waals surface area contributed by atoms with E-state index in [0.717, 1.165) is 11.1 Å². The number of rotatable bonds is 9. The van der Waals surface area contributed by atoms with Crippen molar-refractivity contribution in [2.75, 3.05) is 42.0 Å². The molecule has 0 radical (unpaired) electrons. The molecule has 1 amide bonds. The minimum atomic E-state index is -0.114. The van der Waals surface area contributed by atoms with Crippen LogP contribution in [-0.2, 0) is 11.2 Å². The highest BCUT2D eigenvalue weighted by molar-refractivity contribution is 6.32. The van der Waals surface area contributed by atoms with Crippen molar-refractivity contribution >= 4 is 23.6 Å². The van der Waals surface area contributed by atoms with E-state index in [2.05, 4.69) is 0 Å². The molecule has 0 saturated heterocycles. The predicted octanol–water partition coefficient (Wildman–Crippen LogP) is 4.09. The van der Waals surface area contributed by atoms with Crippen molar-refractivity contribution in [3.63, 3.8) is 0 Å². The fraction of sp³-hybridized carbons (Fsp3) is 0.318. The van der Waals surface area contributed by atoms with Crippen LogP contribution in [0.15, 0.2) is 36.4 Å². The van der Waals surface area contributed by atoms with E-state index < -0.39 is 0 Å². The summed E-state index contributed by atoms with van der Waals surface area (Å²) in [4.78, 5) is 14.1. The highest BCUT2D eigenvalue weighted by atomic mass is 35.5. The molecule has 0 saturated carbocycles. The first kappa shape index (κ1) is 22.4. The molecule has 0 atom stereocenters. The monoisotopic (exact) mass is 419 g/mol. The fourth-order valence-electron chi connectivity index (χ4n) is 2.77. The van der Waals surface area contributed by atoms with E-state index in [4.69, 9.17) is 30.5 Å². The largest absolute Gasteiger partial charge is 0.493 e. The Morgan fingerprint density at radius 1 is 0.966 bits per heavy atom. The first-order valence-electron chi connectivity index (χ1n) is 8.99. The Balaban J connectivity index is 2.01. The topological polar surface area (TPSA) is 57.2 Å². The number of halogens is 1. The molecule has 0 aliphatic rings. The van der Waals surface area contributed by atoms with Gasteiger partial charge in [-0.3, -0.25) is 4.79 Å². The van der Waals surface area contributed by atoms with Gasteiger partial charge in [0, 0.05) is 19.7 Å². The summed E-state index contributed by atoms with van der Waals surface area (Å²) in [5.41, 5.74) is 1.80. The van der Waals surface area contributed by atoms with Gasteiger partial charge in [-0.05, 0) is 47.9 Å². The second-order valence-electron chi connectivity index (χ2n) is 6.27. The first-order valence-corrected chi connectivity index (χ1v) is 9.36. The molecule has 0 spiro atoms. The highest BCUT2D eigenvalue weighted by Crippen LogP contribution is 2.36. The van der Waals surface area contributed by atoms with Gasteiger partial charge in [-0.25, -0.2) is 0 Å². The molecule has 0 N–H and O–H groups in total. The number of hydrogen-bond acceptors (Lipinski definition) is 5. The maximum Gasteiger partial charge on any atom is 0.246 e. The molecule has 0 bridgehead atoms. The predicted molar refractivity (Wildman–Crippen MR) is 114 cm³/mol. The lowest BCUT2D eigenvalue weighted by Gasteiger charge is -2.16. The molecule has 0 aromatic heterocycles. The number of benzene rings is 2. The molecular weight excluding hydrogens is 394 g/mol. The van der Waals surface area contributed by atoms with Gasteiger partial charge in [0.05, 0.1) is 33.5 Å². The van der Waals surface area contributed by atoms with Crippen molar-refractivity contribution in [1.82, 2.24) is 4.90 Å². The van der Waals surface area contributed by atoms with Crippen LogP contribution in [0, 0.1) is 0 Å². The lowest BCUT2D eigenvalue weighted by atomic mass is 10.1. The van der Waals surface area contributed by atoms with Crippen LogP contribution in [-0.4, -0.2) is 52.8 Å². The molecule has 0 aliphatic carbocycles. The maximum absolute atomic E-state index is 12.4. The number of carbonyl (C=O) groups excluding carboxylic acids is 1. The summed E-state index contributed by atoms with van der Waals surface area (Å²) < 4.78 is 21.1. The van der Waals surface area contributed by atoms with Gasteiger partial charge in [-0.15, -0.1) is 0 Å². The average molecular weight is 420 g/mol. The standard InChI is InChI=1S/C22H26ClNO5/c1-24(11-10-15-6-8-18(26-2)19(13-15)27-3)21(25)9-7-16-12-17(23)22(29-5)20(14-16)28-4/h6-9,12-14H,10-11H2,1-5H3/b9-7+. The summed E-state index contributed by atoms with van der Waals surface area (Å²) in [5.74, 6) is 2.20. The minimum absolute atomic E-state index is 0.114. The van der Waals surface area contributed by atoms with E-state index in [0.29, 0.717) is 41.0 Å².